The van der Waals surface area contributed by atoms with Crippen molar-refractivity contribution in [2.45, 2.75) is 6.92 Å². The Morgan fingerprint density at radius 2 is 2.00 bits per heavy atom. The molecule has 0 aliphatic rings. The number of hydrogen-bond donors (Lipinski definition) is 1. The maximum absolute atomic E-state index is 13.2. The van der Waals surface area contributed by atoms with Crippen LogP contribution in [0.15, 0.2) is 35.7 Å². The standard InChI is InChI=1S/C16H13F2N3OS/c1-9-3-6-14(21(9)2)16-20-13(8-23-16)15(22)19-10-4-5-11(17)12(18)7-10/h3-8H,1-2H3,(H,19,22). The van der Waals surface area contributed by atoms with E-state index in [1.165, 1.54) is 17.4 Å². The fourth-order valence-corrected chi connectivity index (χ4v) is 2.95. The summed E-state index contributed by atoms with van der Waals surface area (Å²) in [6.07, 6.45) is 0. The van der Waals surface area contributed by atoms with Gasteiger partial charge in [-0.05, 0) is 31.2 Å². The second-order valence-electron chi connectivity index (χ2n) is 5.04. The van der Waals surface area contributed by atoms with Crippen LogP contribution in [0.3, 0.4) is 0 Å². The summed E-state index contributed by atoms with van der Waals surface area (Å²) in [6.45, 7) is 1.98. The summed E-state index contributed by atoms with van der Waals surface area (Å²) in [5.74, 6) is -2.44. The van der Waals surface area contributed by atoms with Gasteiger partial charge in [-0.3, -0.25) is 4.79 Å². The number of nitrogens with one attached hydrogen (secondary N) is 1. The molecule has 1 N–H and O–H groups in total. The molecule has 3 rings (SSSR count). The molecule has 0 aliphatic carbocycles. The van der Waals surface area contributed by atoms with Crippen molar-refractivity contribution in [1.82, 2.24) is 9.55 Å². The highest BCUT2D eigenvalue weighted by molar-refractivity contribution is 7.13. The highest BCUT2D eigenvalue weighted by atomic mass is 32.1. The first kappa shape index (κ1) is 15.4. The molecule has 2 heterocycles. The lowest BCUT2D eigenvalue weighted by atomic mass is 10.3. The SMILES string of the molecule is Cc1ccc(-c2nc(C(=O)Nc3ccc(F)c(F)c3)cs2)n1C. The third kappa shape index (κ3) is 3.00. The van der Waals surface area contributed by atoms with Crippen molar-refractivity contribution in [3.8, 4) is 10.7 Å². The lowest BCUT2D eigenvalue weighted by Gasteiger charge is -2.04. The van der Waals surface area contributed by atoms with Crippen molar-refractivity contribution in [3.63, 3.8) is 0 Å². The lowest BCUT2D eigenvalue weighted by Crippen LogP contribution is -2.12. The van der Waals surface area contributed by atoms with Crippen LogP contribution in [0.1, 0.15) is 16.2 Å². The number of hydrogen-bond acceptors (Lipinski definition) is 3. The van der Waals surface area contributed by atoms with Crippen LogP contribution in [0.25, 0.3) is 10.7 Å². The lowest BCUT2D eigenvalue weighted by molar-refractivity contribution is 0.102. The third-order valence-corrected chi connectivity index (χ3v) is 4.37. The molecule has 2 aromatic heterocycles. The zero-order chi connectivity index (χ0) is 16.6. The van der Waals surface area contributed by atoms with Gasteiger partial charge in [0, 0.05) is 29.9 Å². The normalized spacial score (nSPS) is 10.8. The number of thiazole rings is 1. The number of benzene rings is 1. The first-order valence-electron chi connectivity index (χ1n) is 6.80. The second kappa shape index (κ2) is 5.92. The van der Waals surface area contributed by atoms with Gasteiger partial charge in [0.15, 0.2) is 11.6 Å². The van der Waals surface area contributed by atoms with Gasteiger partial charge in [0.05, 0.1) is 5.69 Å². The summed E-state index contributed by atoms with van der Waals surface area (Å²) in [7, 11) is 1.92. The number of rotatable bonds is 3. The molecule has 1 amide bonds. The first-order chi connectivity index (χ1) is 11.0. The Kier molecular flexibility index (Phi) is 3.96. The maximum atomic E-state index is 13.2. The molecule has 7 heteroatoms. The summed E-state index contributed by atoms with van der Waals surface area (Å²) >= 11 is 1.35. The van der Waals surface area contributed by atoms with E-state index < -0.39 is 17.5 Å². The van der Waals surface area contributed by atoms with E-state index in [9.17, 15) is 13.6 Å². The number of halogens is 2. The van der Waals surface area contributed by atoms with E-state index in [-0.39, 0.29) is 11.4 Å². The molecule has 0 aliphatic heterocycles. The average molecular weight is 333 g/mol. The maximum Gasteiger partial charge on any atom is 0.275 e. The van der Waals surface area contributed by atoms with Crippen LogP contribution in [-0.4, -0.2) is 15.5 Å². The van der Waals surface area contributed by atoms with Crippen LogP contribution in [0.5, 0.6) is 0 Å². The number of aromatic nitrogens is 2. The highest BCUT2D eigenvalue weighted by Gasteiger charge is 2.15. The third-order valence-electron chi connectivity index (χ3n) is 3.51. The van der Waals surface area contributed by atoms with Gasteiger partial charge in [0.1, 0.15) is 10.7 Å². The summed E-state index contributed by atoms with van der Waals surface area (Å²) in [5.41, 5.74) is 2.41. The van der Waals surface area contributed by atoms with Gasteiger partial charge in [-0.2, -0.15) is 0 Å². The molecule has 1 aromatic carbocycles. The van der Waals surface area contributed by atoms with Gasteiger partial charge < -0.3 is 9.88 Å². The molecule has 4 nitrogen and oxygen atoms in total. The Morgan fingerprint density at radius 3 is 2.65 bits per heavy atom. The van der Waals surface area contributed by atoms with Gasteiger partial charge in [-0.15, -0.1) is 11.3 Å². The molecule has 0 bridgehead atoms. The minimum absolute atomic E-state index is 0.179. The minimum Gasteiger partial charge on any atom is -0.346 e. The molecule has 0 unspecified atom stereocenters. The largest absolute Gasteiger partial charge is 0.346 e. The molecule has 0 radical (unpaired) electrons. The number of carbonyl (C=O) groups excluding carboxylic acids is 1. The number of carbonyl (C=O) groups is 1. The Balaban J connectivity index is 1.81. The quantitative estimate of drug-likeness (QED) is 0.788. The topological polar surface area (TPSA) is 46.9 Å². The van der Waals surface area contributed by atoms with E-state index in [4.69, 9.17) is 0 Å². The van der Waals surface area contributed by atoms with E-state index in [0.29, 0.717) is 0 Å². The van der Waals surface area contributed by atoms with Gasteiger partial charge >= 0.3 is 0 Å². The van der Waals surface area contributed by atoms with Gasteiger partial charge in [0.2, 0.25) is 0 Å². The van der Waals surface area contributed by atoms with Crippen molar-refractivity contribution in [2.24, 2.45) is 7.05 Å². The molecule has 3 aromatic rings. The Morgan fingerprint density at radius 1 is 1.22 bits per heavy atom. The first-order valence-corrected chi connectivity index (χ1v) is 7.68. The molecule has 0 atom stereocenters. The Bertz CT molecular complexity index is 885. The molecular weight excluding hydrogens is 320 g/mol. The molecule has 118 valence electrons. The van der Waals surface area contributed by atoms with Crippen molar-refractivity contribution in [1.29, 1.82) is 0 Å². The van der Waals surface area contributed by atoms with Crippen LogP contribution in [0.4, 0.5) is 14.5 Å². The van der Waals surface area contributed by atoms with Crippen LogP contribution >= 0.6 is 11.3 Å². The zero-order valence-corrected chi connectivity index (χ0v) is 13.2. The van der Waals surface area contributed by atoms with Gasteiger partial charge in [-0.1, -0.05) is 0 Å². The summed E-state index contributed by atoms with van der Waals surface area (Å²) in [5, 5.41) is 4.85. The number of amides is 1. The Hall–Kier alpha value is -2.54. The highest BCUT2D eigenvalue weighted by Crippen LogP contribution is 2.25. The van der Waals surface area contributed by atoms with Crippen LogP contribution in [-0.2, 0) is 7.05 Å². The fourth-order valence-electron chi connectivity index (χ4n) is 2.09. The summed E-state index contributed by atoms with van der Waals surface area (Å²) < 4.78 is 28.0. The second-order valence-corrected chi connectivity index (χ2v) is 5.90. The van der Waals surface area contributed by atoms with Crippen molar-refractivity contribution in [2.75, 3.05) is 5.32 Å². The predicted octanol–water partition coefficient (Wildman–Crippen LogP) is 3.99. The Labute approximate surface area is 135 Å². The smallest absolute Gasteiger partial charge is 0.275 e. The van der Waals surface area contributed by atoms with E-state index in [0.717, 1.165) is 28.5 Å². The monoisotopic (exact) mass is 333 g/mol. The van der Waals surface area contributed by atoms with E-state index in [2.05, 4.69) is 10.3 Å². The van der Waals surface area contributed by atoms with Crippen LogP contribution < -0.4 is 5.32 Å². The van der Waals surface area contributed by atoms with Crippen molar-refractivity contribution < 1.29 is 13.6 Å². The number of anilines is 1. The molecule has 0 saturated carbocycles. The minimum atomic E-state index is -1.01. The van der Waals surface area contributed by atoms with E-state index >= 15 is 0 Å². The van der Waals surface area contributed by atoms with Gasteiger partial charge in [0.25, 0.3) is 5.91 Å². The summed E-state index contributed by atoms with van der Waals surface area (Å²) in [6, 6.07) is 7.10. The van der Waals surface area contributed by atoms with Crippen molar-refractivity contribution >= 4 is 22.9 Å². The van der Waals surface area contributed by atoms with Crippen molar-refractivity contribution in [3.05, 3.63) is 58.7 Å². The van der Waals surface area contributed by atoms with Crippen LogP contribution in [0, 0.1) is 18.6 Å². The van der Waals surface area contributed by atoms with E-state index in [1.807, 2.05) is 30.7 Å². The summed E-state index contributed by atoms with van der Waals surface area (Å²) in [4.78, 5) is 16.5. The molecule has 23 heavy (non-hydrogen) atoms. The molecule has 0 saturated heterocycles. The van der Waals surface area contributed by atoms with Crippen LogP contribution in [0.2, 0.25) is 0 Å². The molecular formula is C16H13F2N3OS. The molecule has 0 spiro atoms. The van der Waals surface area contributed by atoms with Gasteiger partial charge in [-0.25, -0.2) is 13.8 Å². The number of nitrogens with zero attached hydrogens (tertiary/aromatic N) is 2. The predicted molar refractivity (Wildman–Crippen MR) is 85.6 cm³/mol. The molecule has 0 fully saturated rings. The zero-order valence-electron chi connectivity index (χ0n) is 12.4. The number of aryl methyl sites for hydroxylation is 1. The van der Waals surface area contributed by atoms with E-state index in [1.54, 1.807) is 5.38 Å². The average Bonchev–Trinajstić information content (AvgIpc) is 3.11. The fraction of sp³-hybridized carbons (Fsp3) is 0.125.